The molecular formula is C7H15N. The van der Waals surface area contributed by atoms with Crippen LogP contribution in [0.2, 0.25) is 0 Å². The Balaban J connectivity index is 1.98. The highest BCUT2D eigenvalue weighted by Gasteiger charge is 2.22. The quantitative estimate of drug-likeness (QED) is 0.572. The highest BCUT2D eigenvalue weighted by molar-refractivity contribution is 4.84. The van der Waals surface area contributed by atoms with Gasteiger partial charge in [-0.1, -0.05) is 13.3 Å². The lowest BCUT2D eigenvalue weighted by Gasteiger charge is -2.34. The molecule has 48 valence electrons. The third-order valence-electron chi connectivity index (χ3n) is 1.80. The lowest BCUT2D eigenvalue weighted by Crippen LogP contribution is -2.50. The van der Waals surface area contributed by atoms with E-state index in [2.05, 4.69) is 19.2 Å². The molecule has 0 amide bonds. The van der Waals surface area contributed by atoms with Crippen molar-refractivity contribution >= 4 is 0 Å². The van der Waals surface area contributed by atoms with Crippen molar-refractivity contribution in [2.75, 3.05) is 0 Å². The second-order valence-electron chi connectivity index (χ2n) is 2.79. The lowest BCUT2D eigenvalue weighted by atomic mass is 9.95. The Kier molecular flexibility index (Phi) is 1.90. The standard InChI is InChI=1S/C7H15N/c1-3-4-7-5-6(2)8-7/h6-8H,3-5H2,1-2H3. The van der Waals surface area contributed by atoms with Crippen LogP contribution in [0.25, 0.3) is 0 Å². The molecule has 1 heterocycles. The van der Waals surface area contributed by atoms with Crippen LogP contribution in [0, 0.1) is 0 Å². The van der Waals surface area contributed by atoms with Crippen LogP contribution < -0.4 is 5.32 Å². The van der Waals surface area contributed by atoms with E-state index in [1.54, 1.807) is 0 Å². The molecule has 0 aliphatic carbocycles. The molecule has 0 aromatic carbocycles. The van der Waals surface area contributed by atoms with Crippen molar-refractivity contribution in [2.45, 2.75) is 45.2 Å². The summed E-state index contributed by atoms with van der Waals surface area (Å²) in [5.74, 6) is 0. The summed E-state index contributed by atoms with van der Waals surface area (Å²) < 4.78 is 0. The van der Waals surface area contributed by atoms with Crippen molar-refractivity contribution in [3.05, 3.63) is 0 Å². The number of rotatable bonds is 2. The second-order valence-corrected chi connectivity index (χ2v) is 2.79. The molecule has 1 saturated heterocycles. The molecule has 1 aliphatic rings. The first kappa shape index (κ1) is 6.09. The largest absolute Gasteiger partial charge is 0.311 e. The van der Waals surface area contributed by atoms with E-state index in [-0.39, 0.29) is 0 Å². The summed E-state index contributed by atoms with van der Waals surface area (Å²) in [6, 6.07) is 1.65. The van der Waals surface area contributed by atoms with Gasteiger partial charge in [-0.25, -0.2) is 0 Å². The van der Waals surface area contributed by atoms with E-state index < -0.39 is 0 Å². The monoisotopic (exact) mass is 113 g/mol. The van der Waals surface area contributed by atoms with E-state index in [0.717, 1.165) is 12.1 Å². The van der Waals surface area contributed by atoms with Gasteiger partial charge in [-0.3, -0.25) is 0 Å². The van der Waals surface area contributed by atoms with Crippen LogP contribution >= 0.6 is 0 Å². The molecule has 0 saturated carbocycles. The zero-order chi connectivity index (χ0) is 5.98. The lowest BCUT2D eigenvalue weighted by molar-refractivity contribution is 0.266. The molecule has 1 fully saturated rings. The van der Waals surface area contributed by atoms with Gasteiger partial charge in [0.15, 0.2) is 0 Å². The highest BCUT2D eigenvalue weighted by Crippen LogP contribution is 2.14. The average Bonchev–Trinajstić information content (AvgIpc) is 1.64. The minimum absolute atomic E-state index is 0.798. The van der Waals surface area contributed by atoms with Crippen molar-refractivity contribution < 1.29 is 0 Å². The minimum atomic E-state index is 0.798. The Morgan fingerprint density at radius 1 is 1.62 bits per heavy atom. The first-order chi connectivity index (χ1) is 3.83. The van der Waals surface area contributed by atoms with Gasteiger partial charge in [0.2, 0.25) is 0 Å². The van der Waals surface area contributed by atoms with Gasteiger partial charge < -0.3 is 5.32 Å². The summed E-state index contributed by atoms with van der Waals surface area (Å²) in [6.45, 7) is 4.48. The molecule has 1 N–H and O–H groups in total. The summed E-state index contributed by atoms with van der Waals surface area (Å²) in [5.41, 5.74) is 0. The van der Waals surface area contributed by atoms with Crippen LogP contribution in [0.4, 0.5) is 0 Å². The van der Waals surface area contributed by atoms with Gasteiger partial charge in [0, 0.05) is 12.1 Å². The zero-order valence-corrected chi connectivity index (χ0v) is 5.78. The van der Waals surface area contributed by atoms with Gasteiger partial charge in [-0.2, -0.15) is 0 Å². The fraction of sp³-hybridized carbons (Fsp3) is 1.00. The number of hydrogen-bond acceptors (Lipinski definition) is 1. The Labute approximate surface area is 51.5 Å². The van der Waals surface area contributed by atoms with Crippen molar-refractivity contribution in [3.8, 4) is 0 Å². The van der Waals surface area contributed by atoms with Crippen LogP contribution in [0.3, 0.4) is 0 Å². The maximum Gasteiger partial charge on any atom is 0.00841 e. The molecule has 8 heavy (non-hydrogen) atoms. The summed E-state index contributed by atoms with van der Waals surface area (Å²) in [7, 11) is 0. The fourth-order valence-corrected chi connectivity index (χ4v) is 1.35. The smallest absolute Gasteiger partial charge is 0.00841 e. The van der Waals surface area contributed by atoms with E-state index in [1.165, 1.54) is 19.3 Å². The normalized spacial score (nSPS) is 36.8. The molecule has 0 aromatic rings. The third-order valence-corrected chi connectivity index (χ3v) is 1.80. The van der Waals surface area contributed by atoms with Crippen molar-refractivity contribution in [3.63, 3.8) is 0 Å². The van der Waals surface area contributed by atoms with Crippen molar-refractivity contribution in [1.29, 1.82) is 0 Å². The zero-order valence-electron chi connectivity index (χ0n) is 5.78. The Hall–Kier alpha value is -0.0400. The van der Waals surface area contributed by atoms with Crippen LogP contribution in [-0.2, 0) is 0 Å². The SMILES string of the molecule is CCCC1CC(C)N1. The average molecular weight is 113 g/mol. The van der Waals surface area contributed by atoms with Gasteiger partial charge in [-0.05, 0) is 19.8 Å². The molecule has 1 aliphatic heterocycles. The molecule has 0 bridgehead atoms. The molecule has 0 radical (unpaired) electrons. The van der Waals surface area contributed by atoms with E-state index >= 15 is 0 Å². The first-order valence-electron chi connectivity index (χ1n) is 3.59. The minimum Gasteiger partial charge on any atom is -0.311 e. The highest BCUT2D eigenvalue weighted by atomic mass is 15.0. The molecule has 1 nitrogen and oxygen atoms in total. The predicted octanol–water partition coefficient (Wildman–Crippen LogP) is 1.54. The maximum absolute atomic E-state index is 3.44. The molecule has 1 rings (SSSR count). The van der Waals surface area contributed by atoms with Gasteiger partial charge >= 0.3 is 0 Å². The van der Waals surface area contributed by atoms with Gasteiger partial charge in [-0.15, -0.1) is 0 Å². The van der Waals surface area contributed by atoms with Crippen LogP contribution in [-0.4, -0.2) is 12.1 Å². The van der Waals surface area contributed by atoms with Crippen molar-refractivity contribution in [2.24, 2.45) is 0 Å². The molecule has 0 aromatic heterocycles. The van der Waals surface area contributed by atoms with Crippen LogP contribution in [0.5, 0.6) is 0 Å². The Morgan fingerprint density at radius 2 is 2.25 bits per heavy atom. The summed E-state index contributed by atoms with van der Waals surface area (Å²) in [5, 5.41) is 3.44. The number of hydrogen-bond donors (Lipinski definition) is 1. The maximum atomic E-state index is 3.44. The first-order valence-corrected chi connectivity index (χ1v) is 3.59. The fourth-order valence-electron chi connectivity index (χ4n) is 1.35. The van der Waals surface area contributed by atoms with Crippen molar-refractivity contribution in [1.82, 2.24) is 5.32 Å². The topological polar surface area (TPSA) is 12.0 Å². The predicted molar refractivity (Wildman–Crippen MR) is 35.9 cm³/mol. The molecule has 1 heteroatoms. The summed E-state index contributed by atoms with van der Waals surface area (Å²) in [6.07, 6.45) is 4.09. The van der Waals surface area contributed by atoms with Gasteiger partial charge in [0.05, 0.1) is 0 Å². The molecule has 2 unspecified atom stereocenters. The second kappa shape index (κ2) is 2.49. The van der Waals surface area contributed by atoms with E-state index in [0.29, 0.717) is 0 Å². The Morgan fingerprint density at radius 3 is 2.62 bits per heavy atom. The van der Waals surface area contributed by atoms with Gasteiger partial charge in [0.1, 0.15) is 0 Å². The summed E-state index contributed by atoms with van der Waals surface area (Å²) in [4.78, 5) is 0. The van der Waals surface area contributed by atoms with E-state index in [4.69, 9.17) is 0 Å². The van der Waals surface area contributed by atoms with E-state index in [1.807, 2.05) is 0 Å². The summed E-state index contributed by atoms with van der Waals surface area (Å²) >= 11 is 0. The van der Waals surface area contributed by atoms with Gasteiger partial charge in [0.25, 0.3) is 0 Å². The number of nitrogens with one attached hydrogen (secondary N) is 1. The molecule has 0 spiro atoms. The molecular weight excluding hydrogens is 98.1 g/mol. The molecule has 2 atom stereocenters. The van der Waals surface area contributed by atoms with Crippen LogP contribution in [0.15, 0.2) is 0 Å². The van der Waals surface area contributed by atoms with Crippen LogP contribution in [0.1, 0.15) is 33.1 Å². The third kappa shape index (κ3) is 1.22. The van der Waals surface area contributed by atoms with E-state index in [9.17, 15) is 0 Å². The Bertz CT molecular complexity index is 62.0.